The lowest BCUT2D eigenvalue weighted by molar-refractivity contribution is 0.570. The standard InChI is InChI=1S/C7H15N/c1-4-5-7(8)6(2)3/h4-7H,8H2,1-3H3/b5-4+. The predicted molar refractivity (Wildman–Crippen MR) is 37.6 cm³/mol. The molecule has 0 aliphatic heterocycles. The number of hydrogen-bond acceptors (Lipinski definition) is 1. The molecular weight excluding hydrogens is 98.1 g/mol. The molecule has 0 saturated heterocycles. The van der Waals surface area contributed by atoms with E-state index in [9.17, 15) is 0 Å². The fourth-order valence-electron chi connectivity index (χ4n) is 0.444. The van der Waals surface area contributed by atoms with Crippen molar-refractivity contribution in [2.24, 2.45) is 11.7 Å². The van der Waals surface area contributed by atoms with E-state index in [0.717, 1.165) is 0 Å². The van der Waals surface area contributed by atoms with E-state index in [1.54, 1.807) is 0 Å². The first kappa shape index (κ1) is 7.70. The highest BCUT2D eigenvalue weighted by Gasteiger charge is 1.99. The lowest BCUT2D eigenvalue weighted by atomic mass is 10.1. The quantitative estimate of drug-likeness (QED) is 0.540. The molecule has 1 unspecified atom stereocenters. The van der Waals surface area contributed by atoms with Crippen LogP contribution in [-0.2, 0) is 0 Å². The molecule has 0 radical (unpaired) electrons. The monoisotopic (exact) mass is 113 g/mol. The molecule has 0 aromatic heterocycles. The van der Waals surface area contributed by atoms with Crippen LogP contribution < -0.4 is 5.73 Å². The molecule has 0 saturated carbocycles. The zero-order chi connectivity index (χ0) is 6.57. The van der Waals surface area contributed by atoms with E-state index in [1.165, 1.54) is 0 Å². The van der Waals surface area contributed by atoms with Crippen molar-refractivity contribution in [1.82, 2.24) is 0 Å². The first-order valence-corrected chi connectivity index (χ1v) is 3.07. The van der Waals surface area contributed by atoms with Crippen molar-refractivity contribution in [1.29, 1.82) is 0 Å². The predicted octanol–water partition coefficient (Wildman–Crippen LogP) is 1.55. The Hall–Kier alpha value is -0.300. The summed E-state index contributed by atoms with van der Waals surface area (Å²) in [5.41, 5.74) is 5.64. The number of rotatable bonds is 2. The van der Waals surface area contributed by atoms with Gasteiger partial charge in [0.1, 0.15) is 0 Å². The zero-order valence-electron chi connectivity index (χ0n) is 5.89. The molecule has 8 heavy (non-hydrogen) atoms. The van der Waals surface area contributed by atoms with Crippen LogP contribution in [0.25, 0.3) is 0 Å². The summed E-state index contributed by atoms with van der Waals surface area (Å²) in [5.74, 6) is 0.561. The van der Waals surface area contributed by atoms with Crippen molar-refractivity contribution in [2.75, 3.05) is 0 Å². The average Bonchev–Trinajstić information content (AvgIpc) is 1.67. The second-order valence-electron chi connectivity index (χ2n) is 2.35. The molecule has 0 aromatic rings. The van der Waals surface area contributed by atoms with Gasteiger partial charge in [0, 0.05) is 6.04 Å². The van der Waals surface area contributed by atoms with Crippen LogP contribution in [0.15, 0.2) is 12.2 Å². The molecule has 0 bridgehead atoms. The van der Waals surface area contributed by atoms with E-state index in [4.69, 9.17) is 5.73 Å². The van der Waals surface area contributed by atoms with Crippen molar-refractivity contribution in [3.8, 4) is 0 Å². The summed E-state index contributed by atoms with van der Waals surface area (Å²) in [6.07, 6.45) is 4.01. The number of hydrogen-bond donors (Lipinski definition) is 1. The molecule has 0 amide bonds. The SMILES string of the molecule is C/C=C/C(N)C(C)C. The maximum atomic E-state index is 5.64. The van der Waals surface area contributed by atoms with E-state index >= 15 is 0 Å². The Morgan fingerprint density at radius 1 is 1.38 bits per heavy atom. The summed E-state index contributed by atoms with van der Waals surface area (Å²) in [4.78, 5) is 0. The van der Waals surface area contributed by atoms with Gasteiger partial charge in [-0.15, -0.1) is 0 Å². The van der Waals surface area contributed by atoms with Gasteiger partial charge in [-0.25, -0.2) is 0 Å². The zero-order valence-corrected chi connectivity index (χ0v) is 5.89. The van der Waals surface area contributed by atoms with Crippen molar-refractivity contribution in [3.63, 3.8) is 0 Å². The first-order chi connectivity index (χ1) is 3.68. The van der Waals surface area contributed by atoms with Crippen LogP contribution in [0.1, 0.15) is 20.8 Å². The van der Waals surface area contributed by atoms with Crippen LogP contribution in [0.4, 0.5) is 0 Å². The Bertz CT molecular complexity index is 74.5. The van der Waals surface area contributed by atoms with E-state index in [1.807, 2.05) is 19.1 Å². The van der Waals surface area contributed by atoms with Crippen LogP contribution in [-0.4, -0.2) is 6.04 Å². The summed E-state index contributed by atoms with van der Waals surface area (Å²) in [7, 11) is 0. The molecule has 0 fully saturated rings. The van der Waals surface area contributed by atoms with E-state index < -0.39 is 0 Å². The minimum atomic E-state index is 0.236. The summed E-state index contributed by atoms with van der Waals surface area (Å²) >= 11 is 0. The minimum Gasteiger partial charge on any atom is -0.324 e. The third-order valence-corrected chi connectivity index (χ3v) is 1.18. The van der Waals surface area contributed by atoms with Gasteiger partial charge in [-0.3, -0.25) is 0 Å². The van der Waals surface area contributed by atoms with Gasteiger partial charge in [0.2, 0.25) is 0 Å². The van der Waals surface area contributed by atoms with Gasteiger partial charge >= 0.3 is 0 Å². The summed E-state index contributed by atoms with van der Waals surface area (Å²) < 4.78 is 0. The third kappa shape index (κ3) is 2.80. The Morgan fingerprint density at radius 2 is 1.88 bits per heavy atom. The Balaban J connectivity index is 3.47. The molecule has 0 aliphatic carbocycles. The molecule has 1 atom stereocenters. The summed E-state index contributed by atoms with van der Waals surface area (Å²) in [6.45, 7) is 6.22. The number of nitrogens with two attached hydrogens (primary N) is 1. The molecule has 1 heteroatoms. The van der Waals surface area contributed by atoms with E-state index in [2.05, 4.69) is 13.8 Å². The summed E-state index contributed by atoms with van der Waals surface area (Å²) in [6, 6.07) is 0.236. The van der Waals surface area contributed by atoms with Crippen LogP contribution in [0.5, 0.6) is 0 Å². The maximum Gasteiger partial charge on any atom is 0.0247 e. The highest BCUT2D eigenvalue weighted by molar-refractivity contribution is 4.90. The molecule has 0 heterocycles. The largest absolute Gasteiger partial charge is 0.324 e. The highest BCUT2D eigenvalue weighted by atomic mass is 14.6. The Morgan fingerprint density at radius 3 is 2.00 bits per heavy atom. The molecule has 0 rings (SSSR count). The van der Waals surface area contributed by atoms with Crippen LogP contribution in [0, 0.1) is 5.92 Å². The van der Waals surface area contributed by atoms with Gasteiger partial charge in [-0.1, -0.05) is 26.0 Å². The van der Waals surface area contributed by atoms with Crippen LogP contribution in [0.2, 0.25) is 0 Å². The molecule has 48 valence electrons. The third-order valence-electron chi connectivity index (χ3n) is 1.18. The molecule has 0 aromatic carbocycles. The lowest BCUT2D eigenvalue weighted by Crippen LogP contribution is -2.23. The van der Waals surface area contributed by atoms with Crippen molar-refractivity contribution < 1.29 is 0 Å². The van der Waals surface area contributed by atoms with Crippen molar-refractivity contribution in [3.05, 3.63) is 12.2 Å². The van der Waals surface area contributed by atoms with E-state index in [0.29, 0.717) is 5.92 Å². The molecular formula is C7H15N. The van der Waals surface area contributed by atoms with Gasteiger partial charge in [0.25, 0.3) is 0 Å². The van der Waals surface area contributed by atoms with Crippen LogP contribution >= 0.6 is 0 Å². The molecule has 0 spiro atoms. The van der Waals surface area contributed by atoms with Gasteiger partial charge in [0.05, 0.1) is 0 Å². The van der Waals surface area contributed by atoms with Gasteiger partial charge in [-0.2, -0.15) is 0 Å². The normalized spacial score (nSPS) is 15.6. The lowest BCUT2D eigenvalue weighted by Gasteiger charge is -2.08. The molecule has 2 N–H and O–H groups in total. The maximum absolute atomic E-state index is 5.64. The topological polar surface area (TPSA) is 26.0 Å². The first-order valence-electron chi connectivity index (χ1n) is 3.07. The van der Waals surface area contributed by atoms with Crippen molar-refractivity contribution in [2.45, 2.75) is 26.8 Å². The second-order valence-corrected chi connectivity index (χ2v) is 2.35. The molecule has 1 nitrogen and oxygen atoms in total. The average molecular weight is 113 g/mol. The Labute approximate surface area is 51.6 Å². The second kappa shape index (κ2) is 3.67. The van der Waals surface area contributed by atoms with Gasteiger partial charge < -0.3 is 5.73 Å². The highest BCUT2D eigenvalue weighted by Crippen LogP contribution is 1.98. The van der Waals surface area contributed by atoms with Gasteiger partial charge in [-0.05, 0) is 12.8 Å². The fourth-order valence-corrected chi connectivity index (χ4v) is 0.444. The smallest absolute Gasteiger partial charge is 0.0247 e. The van der Waals surface area contributed by atoms with Crippen LogP contribution in [0.3, 0.4) is 0 Å². The van der Waals surface area contributed by atoms with Crippen molar-refractivity contribution >= 4 is 0 Å². The fraction of sp³-hybridized carbons (Fsp3) is 0.714. The van der Waals surface area contributed by atoms with Gasteiger partial charge in [0.15, 0.2) is 0 Å². The summed E-state index contributed by atoms with van der Waals surface area (Å²) in [5, 5.41) is 0. The minimum absolute atomic E-state index is 0.236. The number of allylic oxidation sites excluding steroid dienone is 1. The van der Waals surface area contributed by atoms with E-state index in [-0.39, 0.29) is 6.04 Å². The Kier molecular flexibility index (Phi) is 3.53. The molecule has 0 aliphatic rings.